The SMILES string of the molecule is CC(=O)C1=NN(c2ccccc2)[C@]2(c3ccccc3C(c3ccccc3)(c3ccccc3)N2c2ccccc2)N1c1ccccc1. The van der Waals surface area contributed by atoms with Gasteiger partial charge in [0.2, 0.25) is 11.6 Å². The van der Waals surface area contributed by atoms with E-state index in [4.69, 9.17) is 5.10 Å². The number of hydrogen-bond acceptors (Lipinski definition) is 5. The van der Waals surface area contributed by atoms with E-state index >= 15 is 0 Å². The first-order valence-corrected chi connectivity index (χ1v) is 15.5. The smallest absolute Gasteiger partial charge is 0.246 e. The molecule has 2 aliphatic rings. The molecule has 222 valence electrons. The summed E-state index contributed by atoms with van der Waals surface area (Å²) < 4.78 is 0. The van der Waals surface area contributed by atoms with E-state index in [0.29, 0.717) is 5.84 Å². The molecule has 0 saturated heterocycles. The minimum atomic E-state index is -1.15. The van der Waals surface area contributed by atoms with Crippen molar-refractivity contribution in [3.8, 4) is 0 Å². The van der Waals surface area contributed by atoms with Gasteiger partial charge in [-0.2, -0.15) is 0 Å². The highest BCUT2D eigenvalue weighted by molar-refractivity contribution is 6.44. The van der Waals surface area contributed by atoms with E-state index in [1.54, 1.807) is 6.92 Å². The third-order valence-corrected chi connectivity index (χ3v) is 9.07. The molecule has 8 rings (SSSR count). The monoisotopic (exact) mass is 596 g/mol. The van der Waals surface area contributed by atoms with Gasteiger partial charge in [0.25, 0.3) is 0 Å². The molecule has 0 bridgehead atoms. The summed E-state index contributed by atoms with van der Waals surface area (Å²) in [6, 6.07) is 60.9. The third-order valence-electron chi connectivity index (χ3n) is 9.07. The number of anilines is 3. The zero-order valence-corrected chi connectivity index (χ0v) is 25.4. The molecule has 6 aromatic carbocycles. The average molecular weight is 597 g/mol. The molecule has 1 spiro atoms. The predicted octanol–water partition coefficient (Wildman–Crippen LogP) is 8.54. The highest BCUT2D eigenvalue weighted by Crippen LogP contribution is 2.62. The number of nitrogens with zero attached hydrogens (tertiary/aromatic N) is 4. The van der Waals surface area contributed by atoms with Crippen molar-refractivity contribution in [2.75, 3.05) is 14.8 Å². The molecule has 0 fully saturated rings. The molecule has 0 amide bonds. The van der Waals surface area contributed by atoms with Gasteiger partial charge in [0.05, 0.1) is 5.69 Å². The van der Waals surface area contributed by atoms with Crippen molar-refractivity contribution in [2.45, 2.75) is 18.2 Å². The summed E-state index contributed by atoms with van der Waals surface area (Å²) in [5.74, 6) is -0.903. The quantitative estimate of drug-likeness (QED) is 0.193. The number of rotatable bonds is 6. The standard InChI is InChI=1S/C41H32N4O/c1-31(46)39-42-45(36-27-15-6-16-28-36)41(43(39)34-23-11-4-12-24-34)38-30-18-17-29-37(38)40(32-19-7-2-8-20-32,33-21-9-3-10-22-33)44(41)35-25-13-5-14-26-35/h2-30H,1H3/t41-/m1/s1. The Labute approximate surface area is 269 Å². The molecular weight excluding hydrogens is 564 g/mol. The number of benzene rings is 6. The Morgan fingerprint density at radius 1 is 0.500 bits per heavy atom. The van der Waals surface area contributed by atoms with E-state index < -0.39 is 11.3 Å². The predicted molar refractivity (Wildman–Crippen MR) is 186 cm³/mol. The summed E-state index contributed by atoms with van der Waals surface area (Å²) in [7, 11) is 0. The highest BCUT2D eigenvalue weighted by atomic mass is 16.1. The van der Waals surface area contributed by atoms with Gasteiger partial charge in [-0.1, -0.05) is 140 Å². The topological polar surface area (TPSA) is 39.2 Å². The van der Waals surface area contributed by atoms with E-state index in [2.05, 4.69) is 148 Å². The van der Waals surface area contributed by atoms with Gasteiger partial charge in [0, 0.05) is 23.9 Å². The molecule has 0 unspecified atom stereocenters. The van der Waals surface area contributed by atoms with Crippen LogP contribution in [0.3, 0.4) is 0 Å². The highest BCUT2D eigenvalue weighted by Gasteiger charge is 2.69. The Hall–Kier alpha value is -5.94. The van der Waals surface area contributed by atoms with Crippen LogP contribution >= 0.6 is 0 Å². The van der Waals surface area contributed by atoms with E-state index in [1.165, 1.54) is 0 Å². The molecule has 1 atom stereocenters. The number of amidine groups is 1. The van der Waals surface area contributed by atoms with Crippen LogP contribution in [0.4, 0.5) is 17.1 Å². The molecule has 5 nitrogen and oxygen atoms in total. The van der Waals surface area contributed by atoms with Crippen LogP contribution in [0.15, 0.2) is 181 Å². The van der Waals surface area contributed by atoms with Crippen molar-refractivity contribution >= 4 is 28.7 Å². The third kappa shape index (κ3) is 3.81. The lowest BCUT2D eigenvalue weighted by Crippen LogP contribution is -2.66. The van der Waals surface area contributed by atoms with Gasteiger partial charge in [0.1, 0.15) is 5.54 Å². The van der Waals surface area contributed by atoms with Gasteiger partial charge in [-0.3, -0.25) is 9.69 Å². The van der Waals surface area contributed by atoms with E-state index in [-0.39, 0.29) is 5.78 Å². The van der Waals surface area contributed by atoms with Crippen LogP contribution in [0.5, 0.6) is 0 Å². The Kier molecular flexibility index (Phi) is 6.54. The lowest BCUT2D eigenvalue weighted by molar-refractivity contribution is -0.111. The molecule has 5 heteroatoms. The molecule has 2 heterocycles. The van der Waals surface area contributed by atoms with Crippen molar-refractivity contribution in [3.63, 3.8) is 0 Å². The Morgan fingerprint density at radius 3 is 1.41 bits per heavy atom. The molecule has 2 aliphatic heterocycles. The van der Waals surface area contributed by atoms with Crippen LogP contribution in [0.1, 0.15) is 29.2 Å². The summed E-state index contributed by atoms with van der Waals surface area (Å²) >= 11 is 0. The van der Waals surface area contributed by atoms with Gasteiger partial charge in [0.15, 0.2) is 5.78 Å². The maximum Gasteiger partial charge on any atom is 0.246 e. The maximum absolute atomic E-state index is 13.8. The second kappa shape index (κ2) is 10.9. The summed E-state index contributed by atoms with van der Waals surface area (Å²) in [6.45, 7) is 1.60. The average Bonchev–Trinajstić information content (AvgIpc) is 3.62. The first-order chi connectivity index (χ1) is 22.7. The molecule has 0 radical (unpaired) electrons. The maximum atomic E-state index is 13.8. The van der Waals surface area contributed by atoms with Crippen LogP contribution in [0, 0.1) is 0 Å². The second-order valence-electron chi connectivity index (χ2n) is 11.6. The van der Waals surface area contributed by atoms with Crippen molar-refractivity contribution in [3.05, 3.63) is 198 Å². The first-order valence-electron chi connectivity index (χ1n) is 15.5. The number of carbonyl (C=O) groups is 1. The molecule has 0 aliphatic carbocycles. The van der Waals surface area contributed by atoms with Gasteiger partial charge in [-0.25, -0.2) is 5.01 Å². The lowest BCUT2D eigenvalue weighted by Gasteiger charge is -2.53. The fourth-order valence-electron chi connectivity index (χ4n) is 7.41. The van der Waals surface area contributed by atoms with Crippen molar-refractivity contribution < 1.29 is 4.79 Å². The van der Waals surface area contributed by atoms with Gasteiger partial charge in [-0.05, 0) is 53.1 Å². The number of fused-ring (bicyclic) bond motifs is 2. The fraction of sp³-hybridized carbons (Fsp3) is 0.0732. The zero-order valence-electron chi connectivity index (χ0n) is 25.4. The van der Waals surface area contributed by atoms with E-state index in [9.17, 15) is 4.79 Å². The summed E-state index contributed by atoms with van der Waals surface area (Å²) in [5.41, 5.74) is 6.22. The van der Waals surface area contributed by atoms with E-state index in [0.717, 1.165) is 39.3 Å². The van der Waals surface area contributed by atoms with Gasteiger partial charge in [-0.15, -0.1) is 5.10 Å². The Balaban J connectivity index is 1.61. The zero-order chi connectivity index (χ0) is 31.1. The number of carbonyl (C=O) groups excluding carboxylic acids is 1. The van der Waals surface area contributed by atoms with Crippen LogP contribution in [-0.2, 0) is 16.1 Å². The Bertz CT molecular complexity index is 1990. The second-order valence-corrected chi connectivity index (χ2v) is 11.6. The minimum absolute atomic E-state index is 0.121. The summed E-state index contributed by atoms with van der Waals surface area (Å²) in [6.07, 6.45) is 0. The van der Waals surface area contributed by atoms with E-state index in [1.807, 2.05) is 42.5 Å². The minimum Gasteiger partial charge on any atom is -0.308 e. The van der Waals surface area contributed by atoms with Crippen LogP contribution in [-0.4, -0.2) is 11.6 Å². The normalized spacial score (nSPS) is 18.0. The van der Waals surface area contributed by atoms with Crippen LogP contribution in [0.25, 0.3) is 0 Å². The number of hydrazone groups is 1. The number of ketones is 1. The fourth-order valence-corrected chi connectivity index (χ4v) is 7.41. The van der Waals surface area contributed by atoms with Gasteiger partial charge < -0.3 is 4.90 Å². The molecule has 0 N–H and O–H groups in total. The van der Waals surface area contributed by atoms with Crippen LogP contribution < -0.4 is 14.8 Å². The lowest BCUT2D eigenvalue weighted by atomic mass is 9.77. The number of para-hydroxylation sites is 3. The van der Waals surface area contributed by atoms with Crippen molar-refractivity contribution in [2.24, 2.45) is 5.10 Å². The molecule has 0 saturated carbocycles. The van der Waals surface area contributed by atoms with Crippen molar-refractivity contribution in [1.82, 2.24) is 0 Å². The summed E-state index contributed by atoms with van der Waals surface area (Å²) in [5, 5.41) is 7.31. The molecule has 46 heavy (non-hydrogen) atoms. The molecule has 0 aromatic heterocycles. The number of hydrogen-bond donors (Lipinski definition) is 0. The number of Topliss-reactive ketones (excluding diaryl/α,β-unsaturated/α-hetero) is 1. The Morgan fingerprint density at radius 2 is 0.913 bits per heavy atom. The summed E-state index contributed by atoms with van der Waals surface area (Å²) in [4.78, 5) is 18.4. The van der Waals surface area contributed by atoms with Crippen molar-refractivity contribution in [1.29, 1.82) is 0 Å². The molecule has 6 aromatic rings. The first kappa shape index (κ1) is 27.6. The molecular formula is C41H32N4O. The van der Waals surface area contributed by atoms with Crippen LogP contribution in [0.2, 0.25) is 0 Å². The largest absolute Gasteiger partial charge is 0.308 e. The van der Waals surface area contributed by atoms with Gasteiger partial charge >= 0.3 is 0 Å².